The molecule has 0 radical (unpaired) electrons. The summed E-state index contributed by atoms with van der Waals surface area (Å²) in [5.41, 5.74) is -0.818. The summed E-state index contributed by atoms with van der Waals surface area (Å²) in [6.45, 7) is 25.2. The number of carbonyl (C=O) groups is 1. The second-order valence-corrected chi connectivity index (χ2v) is 27.4. The third-order valence-corrected chi connectivity index (χ3v) is 21.8. The first-order valence-corrected chi connectivity index (χ1v) is 24.0. The zero-order chi connectivity index (χ0) is 37.9. The minimum atomic E-state index is -2.72. The van der Waals surface area contributed by atoms with E-state index >= 15 is 0 Å². The van der Waals surface area contributed by atoms with Crippen LogP contribution in [0.25, 0.3) is 0 Å². The van der Waals surface area contributed by atoms with Gasteiger partial charge in [0.05, 0.1) is 24.7 Å². The predicted molar refractivity (Wildman–Crippen MR) is 211 cm³/mol. The number of aliphatic hydroxyl groups is 1. The molecule has 4 rings (SSSR count). The molecule has 1 N–H and O–H groups in total. The smallest absolute Gasteiger partial charge is 0.311 e. The van der Waals surface area contributed by atoms with Gasteiger partial charge in [-0.25, -0.2) is 0 Å². The third kappa shape index (κ3) is 9.64. The van der Waals surface area contributed by atoms with Crippen molar-refractivity contribution >= 4 is 33.0 Å². The van der Waals surface area contributed by atoms with Gasteiger partial charge >= 0.3 is 5.97 Å². The fraction of sp³-hybridized carbons (Fsp3) is 0.690. The molecule has 2 aromatic carbocycles. The van der Waals surface area contributed by atoms with Crippen molar-refractivity contribution in [3.05, 3.63) is 60.7 Å². The lowest BCUT2D eigenvalue weighted by atomic mass is 9.81. The molecule has 0 aliphatic carbocycles. The van der Waals surface area contributed by atoms with Crippen molar-refractivity contribution in [1.82, 2.24) is 0 Å². The third-order valence-electron chi connectivity index (χ3n) is 12.2. The molecular weight excluding hydrogens is 673 g/mol. The summed E-state index contributed by atoms with van der Waals surface area (Å²) in [6, 6.07) is 21.4. The molecule has 0 amide bonds. The van der Waals surface area contributed by atoms with Crippen molar-refractivity contribution in [2.75, 3.05) is 13.7 Å². The van der Waals surface area contributed by atoms with Gasteiger partial charge in [0.1, 0.15) is 5.60 Å². The molecular formula is C42H68O7Si2. The summed E-state index contributed by atoms with van der Waals surface area (Å²) >= 11 is 0. The highest BCUT2D eigenvalue weighted by molar-refractivity contribution is 6.99. The number of esters is 1. The Morgan fingerprint density at radius 2 is 1.45 bits per heavy atom. The molecule has 51 heavy (non-hydrogen) atoms. The van der Waals surface area contributed by atoms with Crippen molar-refractivity contribution in [2.24, 2.45) is 11.8 Å². The molecule has 2 saturated heterocycles. The SMILES string of the molecule is CO[C@]12CC(=O)O[C@](C)(CCCO[Si](c3ccccc3)(c3ccccc3)C(C)(C)C)C[C@@H](O[Si](C)(C)C(C)(C)C)[C@H](C)CC[C@H](O1)[C@H](C)[C@@H](O)C2. The Hall–Kier alpha value is -1.86. The topological polar surface area (TPSA) is 83.5 Å². The van der Waals surface area contributed by atoms with E-state index in [-0.39, 0.29) is 52.9 Å². The first-order valence-electron chi connectivity index (χ1n) is 19.2. The summed E-state index contributed by atoms with van der Waals surface area (Å²) in [6.07, 6.45) is 2.69. The van der Waals surface area contributed by atoms with Gasteiger partial charge in [-0.05, 0) is 72.1 Å². The van der Waals surface area contributed by atoms with Gasteiger partial charge in [0.15, 0.2) is 14.1 Å². The molecule has 2 bridgehead atoms. The summed E-state index contributed by atoms with van der Waals surface area (Å²) in [7, 11) is -3.34. The highest BCUT2D eigenvalue weighted by atomic mass is 28.4. The van der Waals surface area contributed by atoms with Crippen LogP contribution in [0.5, 0.6) is 0 Å². The predicted octanol–water partition coefficient (Wildman–Crippen LogP) is 8.37. The Bertz CT molecular complexity index is 1370. The monoisotopic (exact) mass is 740 g/mol. The Balaban J connectivity index is 1.66. The van der Waals surface area contributed by atoms with Gasteiger partial charge in [0, 0.05) is 32.5 Å². The van der Waals surface area contributed by atoms with E-state index in [2.05, 4.69) is 129 Å². The van der Waals surface area contributed by atoms with E-state index in [1.54, 1.807) is 7.11 Å². The Morgan fingerprint density at radius 3 is 1.96 bits per heavy atom. The maximum absolute atomic E-state index is 14.0. The summed E-state index contributed by atoms with van der Waals surface area (Å²) < 4.78 is 33.5. The van der Waals surface area contributed by atoms with Crippen molar-refractivity contribution in [3.63, 3.8) is 0 Å². The van der Waals surface area contributed by atoms with Crippen LogP contribution in [0.3, 0.4) is 0 Å². The molecule has 0 aromatic heterocycles. The van der Waals surface area contributed by atoms with Crippen molar-refractivity contribution in [3.8, 4) is 0 Å². The van der Waals surface area contributed by atoms with E-state index in [0.29, 0.717) is 25.9 Å². The number of hydrogen-bond donors (Lipinski definition) is 1. The zero-order valence-corrected chi connectivity index (χ0v) is 35.7. The zero-order valence-electron chi connectivity index (χ0n) is 33.7. The molecule has 9 heteroatoms. The van der Waals surface area contributed by atoms with E-state index in [1.165, 1.54) is 10.4 Å². The summed E-state index contributed by atoms with van der Waals surface area (Å²) in [4.78, 5) is 14.0. The van der Waals surface area contributed by atoms with Crippen molar-refractivity contribution in [2.45, 2.75) is 160 Å². The number of fused-ring (bicyclic) bond motifs is 2. The first-order chi connectivity index (χ1) is 23.7. The summed E-state index contributed by atoms with van der Waals surface area (Å²) in [5.74, 6) is -1.50. The van der Waals surface area contributed by atoms with Gasteiger partial charge in [0.25, 0.3) is 8.32 Å². The highest BCUT2D eigenvalue weighted by Crippen LogP contribution is 2.44. The molecule has 0 spiro atoms. The Labute approximate surface area is 311 Å². The average Bonchev–Trinajstić information content (AvgIpc) is 3.04. The van der Waals surface area contributed by atoms with Crippen LogP contribution < -0.4 is 10.4 Å². The second-order valence-electron chi connectivity index (χ2n) is 18.3. The quantitative estimate of drug-likeness (QED) is 0.149. The summed E-state index contributed by atoms with van der Waals surface area (Å²) in [5, 5.41) is 13.5. The van der Waals surface area contributed by atoms with Crippen molar-refractivity contribution in [1.29, 1.82) is 0 Å². The van der Waals surface area contributed by atoms with Gasteiger partial charge < -0.3 is 28.2 Å². The van der Waals surface area contributed by atoms with Crippen LogP contribution in [-0.2, 0) is 27.9 Å². The number of methoxy groups -OCH3 is 1. The molecule has 2 heterocycles. The lowest BCUT2D eigenvalue weighted by Crippen LogP contribution is -2.66. The largest absolute Gasteiger partial charge is 0.459 e. The van der Waals surface area contributed by atoms with Crippen LogP contribution in [0.1, 0.15) is 107 Å². The van der Waals surface area contributed by atoms with Crippen LogP contribution in [-0.4, -0.2) is 71.1 Å². The lowest BCUT2D eigenvalue weighted by Gasteiger charge is -2.47. The molecule has 2 aliphatic rings. The van der Waals surface area contributed by atoms with Gasteiger partial charge in [-0.1, -0.05) is 116 Å². The molecule has 2 aromatic rings. The van der Waals surface area contributed by atoms with Crippen LogP contribution in [0, 0.1) is 11.8 Å². The number of hydrogen-bond acceptors (Lipinski definition) is 7. The number of aliphatic hydroxyl groups excluding tert-OH is 1. The van der Waals surface area contributed by atoms with E-state index in [4.69, 9.17) is 23.1 Å². The fourth-order valence-electron chi connectivity index (χ4n) is 7.93. The van der Waals surface area contributed by atoms with Crippen LogP contribution in [0.15, 0.2) is 60.7 Å². The second kappa shape index (κ2) is 16.3. The standard InChI is InChI=1S/C42H68O7Si2/c1-31-24-25-36-32(2)35(43)28-42(45-10,47-36)30-38(44)48-41(9,29-37(31)49-50(11,12)39(3,4)5)26-19-27-46-51(40(6,7)8,33-20-15-13-16-21-33)34-22-17-14-18-23-34/h13-18,20-23,31-32,35-37,43H,19,24-30H2,1-12H3/t31-,32-,35+,36+,37-,41-,42+/m1/s1. The van der Waals surface area contributed by atoms with Crippen molar-refractivity contribution < 1.29 is 33.0 Å². The minimum absolute atomic E-state index is 0.0241. The average molecular weight is 741 g/mol. The first kappa shape index (κ1) is 41.9. The number of benzene rings is 2. The van der Waals surface area contributed by atoms with Gasteiger partial charge in [-0.2, -0.15) is 0 Å². The maximum Gasteiger partial charge on any atom is 0.311 e. The van der Waals surface area contributed by atoms with E-state index < -0.39 is 34.1 Å². The van der Waals surface area contributed by atoms with Gasteiger partial charge in [-0.3, -0.25) is 4.79 Å². The molecule has 286 valence electrons. The van der Waals surface area contributed by atoms with Crippen LogP contribution >= 0.6 is 0 Å². The lowest BCUT2D eigenvalue weighted by molar-refractivity contribution is -0.303. The molecule has 7 nitrogen and oxygen atoms in total. The van der Waals surface area contributed by atoms with E-state index in [0.717, 1.165) is 12.8 Å². The number of cyclic esters (lactones) is 1. The molecule has 0 unspecified atom stereocenters. The van der Waals surface area contributed by atoms with E-state index in [9.17, 15) is 9.90 Å². The molecule has 2 aliphatic heterocycles. The number of ether oxygens (including phenoxy) is 3. The normalized spacial score (nSPS) is 30.2. The molecule has 2 fully saturated rings. The number of rotatable bonds is 10. The van der Waals surface area contributed by atoms with Crippen LogP contribution in [0.2, 0.25) is 23.2 Å². The minimum Gasteiger partial charge on any atom is -0.459 e. The fourth-order valence-corrected chi connectivity index (χ4v) is 14.0. The molecule has 0 saturated carbocycles. The van der Waals surface area contributed by atoms with E-state index in [1.807, 2.05) is 6.92 Å². The Kier molecular flexibility index (Phi) is 13.3. The molecule has 7 atom stereocenters. The van der Waals surface area contributed by atoms with Gasteiger partial charge in [-0.15, -0.1) is 0 Å². The van der Waals surface area contributed by atoms with Crippen LogP contribution in [0.4, 0.5) is 0 Å². The maximum atomic E-state index is 14.0. The van der Waals surface area contributed by atoms with Gasteiger partial charge in [0.2, 0.25) is 0 Å². The Morgan fingerprint density at radius 1 is 0.882 bits per heavy atom. The number of carbonyl (C=O) groups excluding carboxylic acids is 1. The highest BCUT2D eigenvalue weighted by Gasteiger charge is 2.51.